The first kappa shape index (κ1) is 8.16. The van der Waals surface area contributed by atoms with Gasteiger partial charge in [-0.3, -0.25) is 0 Å². The number of pyridine rings is 1. The van der Waals surface area contributed by atoms with Crippen LogP contribution in [0.1, 0.15) is 30.7 Å². The number of hydrogen-bond acceptors (Lipinski definition) is 3. The van der Waals surface area contributed by atoms with Crippen molar-refractivity contribution in [3.05, 3.63) is 34.0 Å². The van der Waals surface area contributed by atoms with Gasteiger partial charge in [-0.15, -0.1) is 0 Å². The van der Waals surface area contributed by atoms with Crippen molar-refractivity contribution in [2.45, 2.75) is 25.2 Å². The number of rotatable bonds is 2. The summed E-state index contributed by atoms with van der Waals surface area (Å²) in [4.78, 5) is 14.0. The fourth-order valence-electron chi connectivity index (χ4n) is 1.60. The molecule has 1 aromatic heterocycles. The van der Waals surface area contributed by atoms with Gasteiger partial charge in [-0.05, 0) is 40.8 Å². The number of nitrogens with zero attached hydrogens (tertiary/aromatic N) is 2. The van der Waals surface area contributed by atoms with Crippen LogP contribution in [0.2, 0.25) is 0 Å². The zero-order chi connectivity index (χ0) is 9.26. The van der Waals surface area contributed by atoms with E-state index in [-0.39, 0.29) is 5.82 Å². The Kier molecular flexibility index (Phi) is 1.96. The van der Waals surface area contributed by atoms with Crippen LogP contribution in [-0.4, -0.2) is 9.91 Å². The van der Waals surface area contributed by atoms with Crippen LogP contribution in [0.25, 0.3) is 0 Å². The Hall–Kier alpha value is -1.45. The molecule has 13 heavy (non-hydrogen) atoms. The average Bonchev–Trinajstić information content (AvgIpc) is 2.02. The van der Waals surface area contributed by atoms with E-state index in [4.69, 9.17) is 0 Å². The molecule has 0 amide bonds. The lowest BCUT2D eigenvalue weighted by Gasteiger charge is -2.24. The molecule has 1 heterocycles. The summed E-state index contributed by atoms with van der Waals surface area (Å²) in [5.41, 5.74) is 0.804. The first-order valence-corrected chi connectivity index (χ1v) is 4.38. The molecule has 0 bridgehead atoms. The van der Waals surface area contributed by atoms with Crippen LogP contribution in [0.4, 0.5) is 5.82 Å². The van der Waals surface area contributed by atoms with Gasteiger partial charge in [0.1, 0.15) is 6.20 Å². The quantitative estimate of drug-likeness (QED) is 0.515. The predicted octanol–water partition coefficient (Wildman–Crippen LogP) is 2.26. The van der Waals surface area contributed by atoms with E-state index in [1.54, 1.807) is 6.07 Å². The second kappa shape index (κ2) is 3.12. The Balaban J connectivity index is 2.36. The highest BCUT2D eigenvalue weighted by Crippen LogP contribution is 2.39. The molecule has 1 aliphatic carbocycles. The van der Waals surface area contributed by atoms with Crippen molar-refractivity contribution in [1.29, 1.82) is 0 Å². The van der Waals surface area contributed by atoms with E-state index in [9.17, 15) is 10.1 Å². The Labute approximate surface area is 75.8 Å². The molecule has 0 saturated heterocycles. The second-order valence-corrected chi connectivity index (χ2v) is 3.30. The zero-order valence-corrected chi connectivity index (χ0v) is 7.14. The maximum Gasteiger partial charge on any atom is 0.366 e. The van der Waals surface area contributed by atoms with E-state index in [1.807, 2.05) is 6.07 Å². The van der Waals surface area contributed by atoms with E-state index in [0.29, 0.717) is 5.92 Å². The summed E-state index contributed by atoms with van der Waals surface area (Å²) < 4.78 is 0. The van der Waals surface area contributed by atoms with Crippen LogP contribution < -0.4 is 0 Å². The first-order chi connectivity index (χ1) is 6.29. The molecule has 1 aromatic rings. The van der Waals surface area contributed by atoms with Crippen molar-refractivity contribution >= 4 is 5.82 Å². The van der Waals surface area contributed by atoms with Gasteiger partial charge in [-0.1, -0.05) is 6.42 Å². The van der Waals surface area contributed by atoms with Crippen molar-refractivity contribution in [2.24, 2.45) is 0 Å². The molecule has 1 fully saturated rings. The molecule has 0 aliphatic heterocycles. The Morgan fingerprint density at radius 1 is 1.54 bits per heavy atom. The van der Waals surface area contributed by atoms with Gasteiger partial charge >= 0.3 is 5.82 Å². The number of hydrogen-bond donors (Lipinski definition) is 0. The highest BCUT2D eigenvalue weighted by molar-refractivity contribution is 5.36. The summed E-state index contributed by atoms with van der Waals surface area (Å²) in [6.45, 7) is 0. The third kappa shape index (κ3) is 1.39. The van der Waals surface area contributed by atoms with Crippen LogP contribution in [0.3, 0.4) is 0 Å². The summed E-state index contributed by atoms with van der Waals surface area (Å²) >= 11 is 0. The van der Waals surface area contributed by atoms with Crippen molar-refractivity contribution < 1.29 is 4.92 Å². The molecule has 1 aliphatic rings. The van der Waals surface area contributed by atoms with Crippen LogP contribution in [0.5, 0.6) is 0 Å². The maximum absolute atomic E-state index is 10.6. The molecular weight excluding hydrogens is 168 g/mol. The molecule has 0 unspecified atom stereocenters. The highest BCUT2D eigenvalue weighted by Gasteiger charge is 2.27. The molecule has 0 spiro atoms. The van der Waals surface area contributed by atoms with Gasteiger partial charge < -0.3 is 10.1 Å². The lowest BCUT2D eigenvalue weighted by Crippen LogP contribution is -2.11. The molecule has 1 saturated carbocycles. The molecular formula is C9H10N2O2. The normalized spacial score (nSPS) is 16.6. The van der Waals surface area contributed by atoms with E-state index in [0.717, 1.165) is 18.4 Å². The average molecular weight is 178 g/mol. The van der Waals surface area contributed by atoms with Crippen LogP contribution in [-0.2, 0) is 0 Å². The van der Waals surface area contributed by atoms with E-state index >= 15 is 0 Å². The van der Waals surface area contributed by atoms with Gasteiger partial charge in [0.2, 0.25) is 0 Å². The third-order valence-electron chi connectivity index (χ3n) is 2.53. The van der Waals surface area contributed by atoms with Gasteiger partial charge in [-0.2, -0.15) is 0 Å². The summed E-state index contributed by atoms with van der Waals surface area (Å²) in [6.07, 6.45) is 4.77. The van der Waals surface area contributed by atoms with Crippen molar-refractivity contribution in [2.75, 3.05) is 0 Å². The van der Waals surface area contributed by atoms with Crippen LogP contribution in [0, 0.1) is 10.1 Å². The fourth-order valence-corrected chi connectivity index (χ4v) is 1.60. The molecule has 2 rings (SSSR count). The number of nitro groups is 1. The SMILES string of the molecule is O=[N+]([O-])c1ncccc1C1CCC1. The van der Waals surface area contributed by atoms with Gasteiger partial charge in [0.25, 0.3) is 0 Å². The van der Waals surface area contributed by atoms with Gasteiger partial charge in [0.15, 0.2) is 0 Å². The lowest BCUT2D eigenvalue weighted by atomic mass is 9.80. The van der Waals surface area contributed by atoms with E-state index in [1.165, 1.54) is 12.6 Å². The summed E-state index contributed by atoms with van der Waals surface area (Å²) in [5.74, 6) is 0.404. The summed E-state index contributed by atoms with van der Waals surface area (Å²) in [7, 11) is 0. The molecule has 68 valence electrons. The standard InChI is InChI=1S/C9H10N2O2/c12-11(13)9-8(5-2-6-10-9)7-3-1-4-7/h2,5-7H,1,3-4H2. The van der Waals surface area contributed by atoms with Crippen molar-refractivity contribution in [3.63, 3.8) is 0 Å². The van der Waals surface area contributed by atoms with Crippen LogP contribution in [0.15, 0.2) is 18.3 Å². The Morgan fingerprint density at radius 2 is 2.31 bits per heavy atom. The van der Waals surface area contributed by atoms with Gasteiger partial charge in [-0.25, -0.2) is 0 Å². The minimum absolute atomic E-state index is 0.0344. The fraction of sp³-hybridized carbons (Fsp3) is 0.444. The molecule has 4 nitrogen and oxygen atoms in total. The highest BCUT2D eigenvalue weighted by atomic mass is 16.6. The smallest absolute Gasteiger partial charge is 0.358 e. The zero-order valence-electron chi connectivity index (χ0n) is 7.14. The van der Waals surface area contributed by atoms with Crippen molar-refractivity contribution in [3.8, 4) is 0 Å². The Morgan fingerprint density at radius 3 is 2.85 bits per heavy atom. The summed E-state index contributed by atoms with van der Waals surface area (Å²) in [6, 6.07) is 3.58. The van der Waals surface area contributed by atoms with E-state index < -0.39 is 4.92 Å². The van der Waals surface area contributed by atoms with Crippen LogP contribution >= 0.6 is 0 Å². The predicted molar refractivity (Wildman–Crippen MR) is 47.5 cm³/mol. The molecule has 0 atom stereocenters. The summed E-state index contributed by atoms with van der Waals surface area (Å²) in [5, 5.41) is 10.6. The van der Waals surface area contributed by atoms with Crippen molar-refractivity contribution in [1.82, 2.24) is 4.98 Å². The lowest BCUT2D eigenvalue weighted by molar-refractivity contribution is -0.390. The monoisotopic (exact) mass is 178 g/mol. The Bertz CT molecular complexity index is 334. The second-order valence-electron chi connectivity index (χ2n) is 3.30. The molecule has 0 aromatic carbocycles. The largest absolute Gasteiger partial charge is 0.366 e. The first-order valence-electron chi connectivity index (χ1n) is 4.38. The minimum atomic E-state index is -0.395. The third-order valence-corrected chi connectivity index (χ3v) is 2.53. The van der Waals surface area contributed by atoms with Gasteiger partial charge in [0.05, 0.1) is 5.56 Å². The minimum Gasteiger partial charge on any atom is -0.358 e. The number of aromatic nitrogens is 1. The van der Waals surface area contributed by atoms with E-state index in [2.05, 4.69) is 4.98 Å². The van der Waals surface area contributed by atoms with Gasteiger partial charge in [0, 0.05) is 0 Å². The molecule has 0 radical (unpaired) electrons. The molecule has 4 heteroatoms. The molecule has 0 N–H and O–H groups in total. The topological polar surface area (TPSA) is 56.0 Å². The maximum atomic E-state index is 10.6.